The van der Waals surface area contributed by atoms with E-state index in [4.69, 9.17) is 11.6 Å². The zero-order chi connectivity index (χ0) is 16.5. The Hall–Kier alpha value is -2.84. The summed E-state index contributed by atoms with van der Waals surface area (Å²) in [4.78, 5) is 13.2. The summed E-state index contributed by atoms with van der Waals surface area (Å²) in [6, 6.07) is 27.1. The molecule has 0 bridgehead atoms. The van der Waals surface area contributed by atoms with Gasteiger partial charge in [0.05, 0.1) is 16.1 Å². The molecule has 0 amide bonds. The van der Waals surface area contributed by atoms with E-state index >= 15 is 0 Å². The summed E-state index contributed by atoms with van der Waals surface area (Å²) in [6.07, 6.45) is 0. The number of fused-ring (bicyclic) bond motifs is 1. The Kier molecular flexibility index (Phi) is 3.68. The first-order valence-corrected chi connectivity index (χ1v) is 8.08. The van der Waals surface area contributed by atoms with Crippen LogP contribution in [0.4, 0.5) is 0 Å². The number of hydrogen-bond acceptors (Lipinski definition) is 1. The number of nitrogens with zero attached hydrogens (tertiary/aromatic N) is 1. The molecule has 0 atom stereocenters. The standard InChI is InChI=1S/C21H14ClNO/c22-18-13-7-10-16-14-19(15-8-3-1-4-9-15)23(21(24)20(16)18)17-11-5-2-6-12-17/h1-14H. The van der Waals surface area contributed by atoms with E-state index in [1.165, 1.54) is 0 Å². The fourth-order valence-electron chi connectivity index (χ4n) is 2.97. The molecule has 2 nitrogen and oxygen atoms in total. The van der Waals surface area contributed by atoms with Gasteiger partial charge in [-0.25, -0.2) is 0 Å². The third kappa shape index (κ3) is 2.41. The van der Waals surface area contributed by atoms with Gasteiger partial charge in [-0.2, -0.15) is 0 Å². The molecule has 0 radical (unpaired) electrons. The molecule has 4 rings (SSSR count). The Morgan fingerprint density at radius 1 is 0.750 bits per heavy atom. The van der Waals surface area contributed by atoms with Crippen molar-refractivity contribution in [2.75, 3.05) is 0 Å². The third-order valence-electron chi connectivity index (χ3n) is 4.08. The average Bonchev–Trinajstić information content (AvgIpc) is 2.63. The lowest BCUT2D eigenvalue weighted by Crippen LogP contribution is -2.20. The summed E-state index contributed by atoms with van der Waals surface area (Å²) in [5.74, 6) is 0. The van der Waals surface area contributed by atoms with Crippen molar-refractivity contribution in [3.8, 4) is 16.9 Å². The Bertz CT molecular complexity index is 1070. The summed E-state index contributed by atoms with van der Waals surface area (Å²) in [5.41, 5.74) is 2.55. The van der Waals surface area contributed by atoms with Gasteiger partial charge in [-0.1, -0.05) is 72.3 Å². The highest BCUT2D eigenvalue weighted by molar-refractivity contribution is 6.35. The zero-order valence-corrected chi connectivity index (χ0v) is 13.6. The van der Waals surface area contributed by atoms with E-state index in [1.807, 2.05) is 78.9 Å². The fourth-order valence-corrected chi connectivity index (χ4v) is 3.24. The summed E-state index contributed by atoms with van der Waals surface area (Å²) < 4.78 is 1.73. The first-order valence-electron chi connectivity index (χ1n) is 7.71. The molecule has 1 heterocycles. The molecule has 3 aromatic carbocycles. The van der Waals surface area contributed by atoms with Crippen LogP contribution in [-0.4, -0.2) is 4.57 Å². The van der Waals surface area contributed by atoms with Crippen LogP contribution in [0, 0.1) is 0 Å². The molecule has 3 heteroatoms. The smallest absolute Gasteiger partial charge is 0.264 e. The molecular weight excluding hydrogens is 318 g/mol. The van der Waals surface area contributed by atoms with Gasteiger partial charge in [0, 0.05) is 5.69 Å². The lowest BCUT2D eigenvalue weighted by molar-refractivity contribution is 1.02. The molecular formula is C21H14ClNO. The second-order valence-electron chi connectivity index (χ2n) is 5.58. The number of benzene rings is 3. The van der Waals surface area contributed by atoms with E-state index in [0.29, 0.717) is 10.4 Å². The summed E-state index contributed by atoms with van der Waals surface area (Å²) >= 11 is 6.31. The Morgan fingerprint density at radius 3 is 2.12 bits per heavy atom. The minimum absolute atomic E-state index is 0.108. The van der Waals surface area contributed by atoms with Crippen LogP contribution in [0.25, 0.3) is 27.7 Å². The van der Waals surface area contributed by atoms with Crippen LogP contribution in [0.1, 0.15) is 0 Å². The normalized spacial score (nSPS) is 10.9. The van der Waals surface area contributed by atoms with Crippen molar-refractivity contribution in [1.29, 1.82) is 0 Å². The molecule has 1 aromatic heterocycles. The molecule has 0 unspecified atom stereocenters. The Morgan fingerprint density at radius 2 is 1.42 bits per heavy atom. The van der Waals surface area contributed by atoms with Crippen molar-refractivity contribution in [1.82, 2.24) is 4.57 Å². The average molecular weight is 332 g/mol. The molecule has 0 aliphatic rings. The molecule has 0 N–H and O–H groups in total. The van der Waals surface area contributed by atoms with Crippen LogP contribution in [0.5, 0.6) is 0 Å². The van der Waals surface area contributed by atoms with Gasteiger partial charge < -0.3 is 0 Å². The molecule has 116 valence electrons. The molecule has 24 heavy (non-hydrogen) atoms. The van der Waals surface area contributed by atoms with Gasteiger partial charge in [-0.05, 0) is 35.2 Å². The summed E-state index contributed by atoms with van der Waals surface area (Å²) in [5, 5.41) is 1.86. The van der Waals surface area contributed by atoms with Gasteiger partial charge in [0.15, 0.2) is 0 Å². The molecule has 0 fully saturated rings. The number of pyridine rings is 1. The number of hydrogen-bond donors (Lipinski definition) is 0. The molecule has 0 aliphatic carbocycles. The fraction of sp³-hybridized carbons (Fsp3) is 0. The van der Waals surface area contributed by atoms with Gasteiger partial charge in [0.1, 0.15) is 0 Å². The first kappa shape index (κ1) is 14.7. The van der Waals surface area contributed by atoms with Crippen molar-refractivity contribution in [3.63, 3.8) is 0 Å². The van der Waals surface area contributed by atoms with Crippen LogP contribution >= 0.6 is 11.6 Å². The molecule has 4 aromatic rings. The maximum absolute atomic E-state index is 13.2. The van der Waals surface area contributed by atoms with E-state index in [9.17, 15) is 4.79 Å². The first-order chi connectivity index (χ1) is 11.8. The third-order valence-corrected chi connectivity index (χ3v) is 4.39. The van der Waals surface area contributed by atoms with Crippen molar-refractivity contribution in [3.05, 3.63) is 100 Å². The maximum Gasteiger partial charge on any atom is 0.264 e. The Labute approximate surface area is 144 Å². The van der Waals surface area contributed by atoms with Gasteiger partial charge in [0.2, 0.25) is 0 Å². The minimum atomic E-state index is -0.108. The topological polar surface area (TPSA) is 22.0 Å². The molecule has 0 saturated heterocycles. The maximum atomic E-state index is 13.2. The summed E-state index contributed by atoms with van der Waals surface area (Å²) in [6.45, 7) is 0. The monoisotopic (exact) mass is 331 g/mol. The van der Waals surface area contributed by atoms with Crippen molar-refractivity contribution in [2.24, 2.45) is 0 Å². The van der Waals surface area contributed by atoms with Crippen molar-refractivity contribution >= 4 is 22.4 Å². The molecule has 0 aliphatic heterocycles. The predicted octanol–water partition coefficient (Wildman–Crippen LogP) is 5.31. The van der Waals surface area contributed by atoms with Crippen LogP contribution in [0.2, 0.25) is 5.02 Å². The van der Waals surface area contributed by atoms with E-state index in [2.05, 4.69) is 0 Å². The minimum Gasteiger partial charge on any atom is -0.276 e. The van der Waals surface area contributed by atoms with E-state index in [0.717, 1.165) is 22.3 Å². The second-order valence-corrected chi connectivity index (χ2v) is 5.98. The van der Waals surface area contributed by atoms with E-state index in [1.54, 1.807) is 10.6 Å². The molecule has 0 saturated carbocycles. The van der Waals surface area contributed by atoms with Crippen LogP contribution < -0.4 is 5.56 Å². The predicted molar refractivity (Wildman–Crippen MR) is 100.0 cm³/mol. The highest BCUT2D eigenvalue weighted by atomic mass is 35.5. The zero-order valence-electron chi connectivity index (χ0n) is 12.8. The van der Waals surface area contributed by atoms with Gasteiger partial charge in [-0.15, -0.1) is 0 Å². The number of rotatable bonds is 2. The lowest BCUT2D eigenvalue weighted by Gasteiger charge is -2.15. The van der Waals surface area contributed by atoms with Gasteiger partial charge >= 0.3 is 0 Å². The van der Waals surface area contributed by atoms with Crippen molar-refractivity contribution in [2.45, 2.75) is 0 Å². The van der Waals surface area contributed by atoms with Gasteiger partial charge in [-0.3, -0.25) is 9.36 Å². The number of aromatic nitrogens is 1. The van der Waals surface area contributed by atoms with Crippen molar-refractivity contribution < 1.29 is 0 Å². The second kappa shape index (κ2) is 5.99. The van der Waals surface area contributed by atoms with E-state index in [-0.39, 0.29) is 5.56 Å². The van der Waals surface area contributed by atoms with Crippen LogP contribution in [-0.2, 0) is 0 Å². The van der Waals surface area contributed by atoms with Crippen LogP contribution in [0.15, 0.2) is 89.7 Å². The lowest BCUT2D eigenvalue weighted by atomic mass is 10.1. The highest BCUT2D eigenvalue weighted by Crippen LogP contribution is 2.27. The SMILES string of the molecule is O=c1c2c(Cl)cccc2cc(-c2ccccc2)n1-c1ccccc1. The van der Waals surface area contributed by atoms with E-state index < -0.39 is 0 Å². The largest absolute Gasteiger partial charge is 0.276 e. The number of para-hydroxylation sites is 1. The Balaban J connectivity index is 2.17. The quantitative estimate of drug-likeness (QED) is 0.488. The highest BCUT2D eigenvalue weighted by Gasteiger charge is 2.14. The summed E-state index contributed by atoms with van der Waals surface area (Å²) in [7, 11) is 0. The van der Waals surface area contributed by atoms with Crippen LogP contribution in [0.3, 0.4) is 0 Å². The number of halogens is 1. The van der Waals surface area contributed by atoms with Gasteiger partial charge in [0.25, 0.3) is 5.56 Å². The molecule has 0 spiro atoms.